The van der Waals surface area contributed by atoms with E-state index in [9.17, 15) is 9.59 Å². The van der Waals surface area contributed by atoms with Crippen molar-refractivity contribution in [2.24, 2.45) is 0 Å². The lowest BCUT2D eigenvalue weighted by molar-refractivity contribution is -0.141. The van der Waals surface area contributed by atoms with Gasteiger partial charge in [-0.25, -0.2) is 4.79 Å². The number of rotatable bonds is 6. The number of benzene rings is 1. The van der Waals surface area contributed by atoms with Crippen LogP contribution in [0.5, 0.6) is 0 Å². The number of nitrogens with one attached hydrogen (secondary N) is 2. The lowest BCUT2D eigenvalue weighted by Crippen LogP contribution is -2.31. The molecule has 110 valence electrons. The fourth-order valence-electron chi connectivity index (χ4n) is 1.77. The zero-order chi connectivity index (χ0) is 15.1. The van der Waals surface area contributed by atoms with Crippen molar-refractivity contribution in [2.45, 2.75) is 39.3 Å². The second-order valence-corrected chi connectivity index (χ2v) is 4.84. The molecule has 5 heteroatoms. The molecular weight excluding hydrogens is 256 g/mol. The molecule has 5 nitrogen and oxygen atoms in total. The zero-order valence-corrected chi connectivity index (χ0v) is 12.4. The van der Waals surface area contributed by atoms with E-state index < -0.39 is 6.04 Å². The maximum Gasteiger partial charge on any atom is 0.328 e. The van der Waals surface area contributed by atoms with Gasteiger partial charge in [0.05, 0.1) is 7.11 Å². The Morgan fingerprint density at radius 1 is 1.30 bits per heavy atom. The Balaban J connectivity index is 2.82. The zero-order valence-electron chi connectivity index (χ0n) is 12.4. The van der Waals surface area contributed by atoms with Gasteiger partial charge >= 0.3 is 5.97 Å². The predicted molar refractivity (Wildman–Crippen MR) is 78.8 cm³/mol. The molecule has 0 aliphatic rings. The van der Waals surface area contributed by atoms with Crippen molar-refractivity contribution in [1.29, 1.82) is 0 Å². The van der Waals surface area contributed by atoms with E-state index in [1.165, 1.54) is 7.11 Å². The van der Waals surface area contributed by atoms with Crippen molar-refractivity contribution < 1.29 is 14.3 Å². The van der Waals surface area contributed by atoms with Crippen LogP contribution < -0.4 is 10.6 Å². The molecule has 0 heterocycles. The van der Waals surface area contributed by atoms with Gasteiger partial charge in [-0.2, -0.15) is 0 Å². The Kier molecular flexibility index (Phi) is 6.03. The first-order valence-electron chi connectivity index (χ1n) is 6.73. The SMILES string of the molecule is CCC(Nc1cccc(C(=O)NC(C)C)c1)C(=O)OC. The fraction of sp³-hybridized carbons (Fsp3) is 0.467. The van der Waals surface area contributed by atoms with Crippen molar-refractivity contribution in [1.82, 2.24) is 5.32 Å². The Hall–Kier alpha value is -2.04. The van der Waals surface area contributed by atoms with E-state index in [-0.39, 0.29) is 17.9 Å². The molecule has 0 spiro atoms. The fourth-order valence-corrected chi connectivity index (χ4v) is 1.77. The number of amides is 1. The van der Waals surface area contributed by atoms with E-state index in [4.69, 9.17) is 4.74 Å². The van der Waals surface area contributed by atoms with Crippen LogP contribution in [0.3, 0.4) is 0 Å². The highest BCUT2D eigenvalue weighted by Crippen LogP contribution is 2.13. The van der Waals surface area contributed by atoms with Crippen molar-refractivity contribution in [3.63, 3.8) is 0 Å². The van der Waals surface area contributed by atoms with Crippen LogP contribution in [0.25, 0.3) is 0 Å². The number of carbonyl (C=O) groups is 2. The summed E-state index contributed by atoms with van der Waals surface area (Å²) in [5, 5.41) is 5.90. The van der Waals surface area contributed by atoms with Gasteiger partial charge in [0, 0.05) is 17.3 Å². The number of hydrogen-bond acceptors (Lipinski definition) is 4. The quantitative estimate of drug-likeness (QED) is 0.783. The topological polar surface area (TPSA) is 67.4 Å². The second-order valence-electron chi connectivity index (χ2n) is 4.84. The standard InChI is InChI=1S/C15H22N2O3/c1-5-13(15(19)20-4)17-12-8-6-7-11(9-12)14(18)16-10(2)3/h6-10,13,17H,5H2,1-4H3,(H,16,18). The third-order valence-electron chi connectivity index (χ3n) is 2.78. The first-order valence-corrected chi connectivity index (χ1v) is 6.73. The van der Waals surface area contributed by atoms with Crippen LogP contribution >= 0.6 is 0 Å². The van der Waals surface area contributed by atoms with Crippen LogP contribution in [-0.4, -0.2) is 31.1 Å². The van der Waals surface area contributed by atoms with Crippen LogP contribution in [-0.2, 0) is 9.53 Å². The van der Waals surface area contributed by atoms with Crippen LogP contribution in [0, 0.1) is 0 Å². The maximum absolute atomic E-state index is 11.9. The van der Waals surface area contributed by atoms with Crippen LogP contribution in [0.4, 0.5) is 5.69 Å². The molecule has 1 aromatic rings. The smallest absolute Gasteiger partial charge is 0.328 e. The summed E-state index contributed by atoms with van der Waals surface area (Å²) in [6.07, 6.45) is 0.606. The molecule has 0 radical (unpaired) electrons. The number of esters is 1. The van der Waals surface area contributed by atoms with Crippen molar-refractivity contribution >= 4 is 17.6 Å². The summed E-state index contributed by atoms with van der Waals surface area (Å²) in [6, 6.07) is 6.73. The summed E-state index contributed by atoms with van der Waals surface area (Å²) >= 11 is 0. The van der Waals surface area contributed by atoms with E-state index in [1.807, 2.05) is 26.8 Å². The number of carbonyl (C=O) groups excluding carboxylic acids is 2. The van der Waals surface area contributed by atoms with Gasteiger partial charge in [0.1, 0.15) is 6.04 Å². The molecule has 0 aliphatic heterocycles. The summed E-state index contributed by atoms with van der Waals surface area (Å²) in [5.41, 5.74) is 1.28. The monoisotopic (exact) mass is 278 g/mol. The largest absolute Gasteiger partial charge is 0.467 e. The van der Waals surface area contributed by atoms with Gasteiger partial charge in [-0.3, -0.25) is 4.79 Å². The maximum atomic E-state index is 11.9. The van der Waals surface area contributed by atoms with E-state index in [0.29, 0.717) is 12.0 Å². The molecular formula is C15H22N2O3. The minimum absolute atomic E-state index is 0.0811. The first kappa shape index (κ1) is 16.0. The first-order chi connectivity index (χ1) is 9.47. The molecule has 0 saturated heterocycles. The molecule has 1 atom stereocenters. The van der Waals surface area contributed by atoms with Crippen LogP contribution in [0.15, 0.2) is 24.3 Å². The molecule has 0 aromatic heterocycles. The van der Waals surface area contributed by atoms with Gasteiger partial charge in [0.2, 0.25) is 0 Å². The number of methoxy groups -OCH3 is 1. The minimum Gasteiger partial charge on any atom is -0.467 e. The molecule has 0 fully saturated rings. The Bertz CT molecular complexity index is 472. The van der Waals surface area contributed by atoms with Gasteiger partial charge < -0.3 is 15.4 Å². The van der Waals surface area contributed by atoms with Crippen molar-refractivity contribution in [3.05, 3.63) is 29.8 Å². The van der Waals surface area contributed by atoms with Gasteiger partial charge in [0.25, 0.3) is 5.91 Å². The molecule has 1 amide bonds. The van der Waals surface area contributed by atoms with Gasteiger partial charge in [-0.15, -0.1) is 0 Å². The second kappa shape index (κ2) is 7.53. The average molecular weight is 278 g/mol. The molecule has 0 bridgehead atoms. The number of anilines is 1. The van der Waals surface area contributed by atoms with Gasteiger partial charge in [-0.05, 0) is 38.5 Å². The molecule has 1 unspecified atom stereocenters. The lowest BCUT2D eigenvalue weighted by Gasteiger charge is -2.16. The highest BCUT2D eigenvalue weighted by molar-refractivity contribution is 5.95. The molecule has 2 N–H and O–H groups in total. The minimum atomic E-state index is -0.414. The highest BCUT2D eigenvalue weighted by Gasteiger charge is 2.17. The summed E-state index contributed by atoms with van der Waals surface area (Å²) in [7, 11) is 1.36. The van der Waals surface area contributed by atoms with Crippen molar-refractivity contribution in [2.75, 3.05) is 12.4 Å². The van der Waals surface area contributed by atoms with Crippen LogP contribution in [0.1, 0.15) is 37.6 Å². The summed E-state index contributed by atoms with van der Waals surface area (Å²) in [4.78, 5) is 23.5. The normalized spacial score (nSPS) is 11.8. The van der Waals surface area contributed by atoms with Gasteiger partial charge in [0.15, 0.2) is 0 Å². The third kappa shape index (κ3) is 4.57. The number of hydrogen-bond donors (Lipinski definition) is 2. The summed E-state index contributed by atoms with van der Waals surface area (Å²) in [6.45, 7) is 5.71. The molecule has 1 aromatic carbocycles. The van der Waals surface area contributed by atoms with Gasteiger partial charge in [-0.1, -0.05) is 13.0 Å². The van der Waals surface area contributed by atoms with E-state index in [0.717, 1.165) is 5.69 Å². The molecule has 1 rings (SSSR count). The highest BCUT2D eigenvalue weighted by atomic mass is 16.5. The average Bonchev–Trinajstić information content (AvgIpc) is 2.43. The third-order valence-corrected chi connectivity index (χ3v) is 2.78. The molecule has 0 saturated carbocycles. The molecule has 20 heavy (non-hydrogen) atoms. The van der Waals surface area contributed by atoms with Crippen molar-refractivity contribution in [3.8, 4) is 0 Å². The number of ether oxygens (including phenoxy) is 1. The Morgan fingerprint density at radius 3 is 2.55 bits per heavy atom. The van der Waals surface area contributed by atoms with E-state index >= 15 is 0 Å². The Labute approximate surface area is 119 Å². The lowest BCUT2D eigenvalue weighted by atomic mass is 10.1. The predicted octanol–water partition coefficient (Wildman–Crippen LogP) is 2.19. The van der Waals surface area contributed by atoms with E-state index in [1.54, 1.807) is 18.2 Å². The van der Waals surface area contributed by atoms with Crippen LogP contribution in [0.2, 0.25) is 0 Å². The summed E-state index contributed by atoms with van der Waals surface area (Å²) < 4.78 is 4.73. The summed E-state index contributed by atoms with van der Waals surface area (Å²) in [5.74, 6) is -0.445. The van der Waals surface area contributed by atoms with E-state index in [2.05, 4.69) is 10.6 Å². The Morgan fingerprint density at radius 2 is 2.00 bits per heavy atom. The molecule has 0 aliphatic carbocycles.